The van der Waals surface area contributed by atoms with Crippen molar-refractivity contribution >= 4 is 6.03 Å². The van der Waals surface area contributed by atoms with Gasteiger partial charge in [0.25, 0.3) is 0 Å². The van der Waals surface area contributed by atoms with Crippen LogP contribution >= 0.6 is 0 Å². The Morgan fingerprint density at radius 1 is 0.968 bits per heavy atom. The summed E-state index contributed by atoms with van der Waals surface area (Å²) < 4.78 is 11.2. The first-order valence-electron chi connectivity index (χ1n) is 10.8. The van der Waals surface area contributed by atoms with Crippen LogP contribution in [-0.2, 0) is 32.6 Å². The van der Waals surface area contributed by atoms with Crippen molar-refractivity contribution in [3.8, 4) is 5.75 Å². The van der Waals surface area contributed by atoms with E-state index in [1.54, 1.807) is 11.2 Å². The van der Waals surface area contributed by atoms with Gasteiger partial charge in [-0.3, -0.25) is 4.90 Å². The van der Waals surface area contributed by atoms with Crippen LogP contribution in [0.25, 0.3) is 0 Å². The van der Waals surface area contributed by atoms with Crippen molar-refractivity contribution in [2.45, 2.75) is 32.6 Å². The molecule has 0 bridgehead atoms. The molecule has 0 fully saturated rings. The van der Waals surface area contributed by atoms with Gasteiger partial charge in [-0.25, -0.2) is 4.79 Å². The fourth-order valence-electron chi connectivity index (χ4n) is 4.35. The number of nitrogens with one attached hydrogen (secondary N) is 1. The minimum Gasteiger partial charge on any atom is -0.491 e. The number of carbonyl (C=O) groups is 1. The smallest absolute Gasteiger partial charge is 0.318 e. The molecule has 31 heavy (non-hydrogen) atoms. The monoisotopic (exact) mass is 417 g/mol. The van der Waals surface area contributed by atoms with Gasteiger partial charge in [-0.2, -0.15) is 0 Å². The second-order valence-electron chi connectivity index (χ2n) is 8.18. The lowest BCUT2D eigenvalue weighted by Crippen LogP contribution is -2.40. The molecule has 0 unspecified atom stereocenters. The van der Waals surface area contributed by atoms with Crippen molar-refractivity contribution in [3.05, 3.63) is 88.9 Å². The Kier molecular flexibility index (Phi) is 5.63. The molecule has 1 N–H and O–H groups in total. The fourth-order valence-corrected chi connectivity index (χ4v) is 4.35. The number of furan rings is 1. The zero-order valence-electron chi connectivity index (χ0n) is 17.5. The van der Waals surface area contributed by atoms with Gasteiger partial charge < -0.3 is 19.4 Å². The van der Waals surface area contributed by atoms with Gasteiger partial charge in [-0.15, -0.1) is 0 Å². The number of nitrogens with zero attached hydrogens (tertiary/aromatic N) is 2. The average molecular weight is 418 g/mol. The third-order valence-corrected chi connectivity index (χ3v) is 6.00. The molecule has 1 aromatic heterocycles. The summed E-state index contributed by atoms with van der Waals surface area (Å²) in [4.78, 5) is 17.0. The lowest BCUT2D eigenvalue weighted by molar-refractivity contribution is 0.186. The Labute approximate surface area is 182 Å². The molecule has 0 atom stereocenters. The number of carbonyl (C=O) groups excluding carboxylic acids is 1. The van der Waals surface area contributed by atoms with Gasteiger partial charge in [0.05, 0.1) is 25.9 Å². The van der Waals surface area contributed by atoms with E-state index in [0.717, 1.165) is 43.1 Å². The number of benzene rings is 2. The molecule has 6 nitrogen and oxygen atoms in total. The Morgan fingerprint density at radius 3 is 2.74 bits per heavy atom. The number of ether oxygens (including phenoxy) is 1. The van der Waals surface area contributed by atoms with Crippen LogP contribution in [0.4, 0.5) is 4.79 Å². The number of urea groups is 1. The number of hydrogen-bond acceptors (Lipinski definition) is 4. The van der Waals surface area contributed by atoms with Crippen LogP contribution in [-0.4, -0.2) is 35.5 Å². The molecule has 2 aliphatic rings. The van der Waals surface area contributed by atoms with E-state index in [1.165, 1.54) is 16.7 Å². The van der Waals surface area contributed by atoms with E-state index in [1.807, 2.05) is 18.2 Å². The van der Waals surface area contributed by atoms with Gasteiger partial charge >= 0.3 is 6.03 Å². The Morgan fingerprint density at radius 2 is 1.87 bits per heavy atom. The topological polar surface area (TPSA) is 58.0 Å². The standard InChI is InChI=1S/C25H27N3O3/c29-25(26-15-23-6-3-12-30-23)28-11-13-31-24-8-7-19(14-22(24)18-28)16-27-10-9-20-4-1-2-5-21(20)17-27/h1-8,12,14H,9-11,13,15-18H2,(H,26,29). The van der Waals surface area contributed by atoms with E-state index in [9.17, 15) is 4.79 Å². The molecule has 2 amide bonds. The first-order chi connectivity index (χ1) is 15.2. The second-order valence-corrected chi connectivity index (χ2v) is 8.18. The molecule has 3 aromatic rings. The summed E-state index contributed by atoms with van der Waals surface area (Å²) in [7, 11) is 0. The summed E-state index contributed by atoms with van der Waals surface area (Å²) >= 11 is 0. The van der Waals surface area contributed by atoms with Crippen molar-refractivity contribution in [3.63, 3.8) is 0 Å². The van der Waals surface area contributed by atoms with Gasteiger partial charge in [0.1, 0.15) is 18.1 Å². The molecule has 3 heterocycles. The summed E-state index contributed by atoms with van der Waals surface area (Å²) in [6, 6.07) is 18.7. The molecular formula is C25H27N3O3. The summed E-state index contributed by atoms with van der Waals surface area (Å²) in [5, 5.41) is 2.93. The quantitative estimate of drug-likeness (QED) is 0.699. The van der Waals surface area contributed by atoms with Gasteiger partial charge in [0.2, 0.25) is 0 Å². The minimum absolute atomic E-state index is 0.106. The molecule has 160 valence electrons. The van der Waals surface area contributed by atoms with Crippen LogP contribution in [0.1, 0.15) is 28.0 Å². The van der Waals surface area contributed by atoms with E-state index < -0.39 is 0 Å². The maximum atomic E-state index is 12.7. The fraction of sp³-hybridized carbons (Fsp3) is 0.320. The lowest BCUT2D eigenvalue weighted by Gasteiger charge is -2.29. The molecule has 5 rings (SSSR count). The first-order valence-corrected chi connectivity index (χ1v) is 10.8. The maximum absolute atomic E-state index is 12.7. The molecule has 6 heteroatoms. The molecule has 2 aliphatic heterocycles. The summed E-state index contributed by atoms with van der Waals surface area (Å²) in [6.45, 7) is 4.89. The van der Waals surface area contributed by atoms with Crippen LogP contribution in [0.15, 0.2) is 65.3 Å². The number of hydrogen-bond donors (Lipinski definition) is 1. The normalized spacial score (nSPS) is 16.1. The van der Waals surface area contributed by atoms with Gasteiger partial charge in [-0.05, 0) is 47.4 Å². The minimum atomic E-state index is -0.106. The third kappa shape index (κ3) is 4.59. The van der Waals surface area contributed by atoms with Crippen LogP contribution in [0.3, 0.4) is 0 Å². The molecule has 0 saturated heterocycles. The number of amides is 2. The predicted molar refractivity (Wildman–Crippen MR) is 118 cm³/mol. The number of rotatable bonds is 4. The van der Waals surface area contributed by atoms with Crippen LogP contribution in [0.5, 0.6) is 5.75 Å². The van der Waals surface area contributed by atoms with E-state index >= 15 is 0 Å². The van der Waals surface area contributed by atoms with Gasteiger partial charge in [0, 0.05) is 25.2 Å². The van der Waals surface area contributed by atoms with E-state index in [-0.39, 0.29) is 6.03 Å². The van der Waals surface area contributed by atoms with E-state index in [2.05, 4.69) is 46.6 Å². The Hall–Kier alpha value is -3.25. The van der Waals surface area contributed by atoms with Gasteiger partial charge in [-0.1, -0.05) is 30.3 Å². The summed E-state index contributed by atoms with van der Waals surface area (Å²) in [5.41, 5.74) is 5.19. The van der Waals surface area contributed by atoms with E-state index in [4.69, 9.17) is 9.15 Å². The number of fused-ring (bicyclic) bond motifs is 2. The third-order valence-electron chi connectivity index (χ3n) is 6.00. The Balaban J connectivity index is 1.24. The second kappa shape index (κ2) is 8.86. The van der Waals surface area contributed by atoms with Crippen molar-refractivity contribution in [2.24, 2.45) is 0 Å². The lowest BCUT2D eigenvalue weighted by atomic mass is 9.99. The van der Waals surface area contributed by atoms with Crippen LogP contribution in [0.2, 0.25) is 0 Å². The summed E-state index contributed by atoms with van der Waals surface area (Å²) in [6.07, 6.45) is 2.70. The average Bonchev–Trinajstić information content (AvgIpc) is 3.23. The molecule has 2 aromatic carbocycles. The van der Waals surface area contributed by atoms with Crippen molar-refractivity contribution in [1.82, 2.24) is 15.1 Å². The van der Waals surface area contributed by atoms with Crippen molar-refractivity contribution in [2.75, 3.05) is 19.7 Å². The summed E-state index contributed by atoms with van der Waals surface area (Å²) in [5.74, 6) is 1.61. The predicted octanol–water partition coefficient (Wildman–Crippen LogP) is 3.94. The highest BCUT2D eigenvalue weighted by Crippen LogP contribution is 2.26. The van der Waals surface area contributed by atoms with E-state index in [0.29, 0.717) is 26.2 Å². The van der Waals surface area contributed by atoms with Crippen molar-refractivity contribution < 1.29 is 13.9 Å². The molecule has 0 saturated carbocycles. The van der Waals surface area contributed by atoms with Crippen molar-refractivity contribution in [1.29, 1.82) is 0 Å². The van der Waals surface area contributed by atoms with Gasteiger partial charge in [0.15, 0.2) is 0 Å². The maximum Gasteiger partial charge on any atom is 0.318 e. The molecule has 0 spiro atoms. The zero-order chi connectivity index (χ0) is 21.0. The highest BCUT2D eigenvalue weighted by atomic mass is 16.5. The molecular weight excluding hydrogens is 390 g/mol. The highest BCUT2D eigenvalue weighted by molar-refractivity contribution is 5.74. The molecule has 0 aliphatic carbocycles. The highest BCUT2D eigenvalue weighted by Gasteiger charge is 2.21. The largest absolute Gasteiger partial charge is 0.491 e. The zero-order valence-corrected chi connectivity index (χ0v) is 17.5. The SMILES string of the molecule is O=C(NCc1ccco1)N1CCOc2ccc(CN3CCc4ccccc4C3)cc2C1. The van der Waals surface area contributed by atoms with Crippen LogP contribution < -0.4 is 10.1 Å². The first kappa shape index (κ1) is 19.7. The Bertz CT molecular complexity index is 1050. The van der Waals surface area contributed by atoms with Crippen LogP contribution in [0, 0.1) is 0 Å². The molecule has 0 radical (unpaired) electrons.